The van der Waals surface area contributed by atoms with Crippen LogP contribution in [0.4, 0.5) is 0 Å². The summed E-state index contributed by atoms with van der Waals surface area (Å²) in [6.07, 6.45) is -0.306. The summed E-state index contributed by atoms with van der Waals surface area (Å²) in [4.78, 5) is 23.2. The van der Waals surface area contributed by atoms with Crippen molar-refractivity contribution in [1.82, 2.24) is 10.3 Å². The number of hydrogen-bond donors (Lipinski definition) is 1. The van der Waals surface area contributed by atoms with Gasteiger partial charge in [0.25, 0.3) is 5.91 Å². The standard InChI is InChI=1S/C17H17Cl2N3O2S/c1-8-16(25-10(3)20-8)9(2)21-17(23)15-7-14(22-24-15)12-5-4-11(18)6-13(12)19/h4-6,9,15H,7H2,1-3H3,(H,21,23)/t9-,15-/m0/s1. The second-order valence-corrected chi connectivity index (χ2v) is 7.95. The highest BCUT2D eigenvalue weighted by Crippen LogP contribution is 2.27. The molecule has 2 heterocycles. The van der Waals surface area contributed by atoms with Crippen molar-refractivity contribution in [1.29, 1.82) is 0 Å². The lowest BCUT2D eigenvalue weighted by molar-refractivity contribution is -0.131. The SMILES string of the molecule is Cc1nc(C)c([C@H](C)NC(=O)[C@@H]2CC(c3ccc(Cl)cc3Cl)=NO2)s1. The van der Waals surface area contributed by atoms with Crippen molar-refractivity contribution >= 4 is 46.2 Å². The molecule has 3 rings (SSSR count). The topological polar surface area (TPSA) is 63.6 Å². The average molecular weight is 398 g/mol. The minimum atomic E-state index is -0.668. The molecule has 0 fully saturated rings. The summed E-state index contributed by atoms with van der Waals surface area (Å²) in [6.45, 7) is 5.83. The Morgan fingerprint density at radius 3 is 2.80 bits per heavy atom. The number of amides is 1. The monoisotopic (exact) mass is 397 g/mol. The number of nitrogens with one attached hydrogen (secondary N) is 1. The zero-order valence-corrected chi connectivity index (χ0v) is 16.3. The molecule has 0 bridgehead atoms. The first-order chi connectivity index (χ1) is 11.8. The van der Waals surface area contributed by atoms with Gasteiger partial charge in [0, 0.05) is 21.9 Å². The zero-order chi connectivity index (χ0) is 18.1. The Kier molecular flexibility index (Phi) is 5.32. The fourth-order valence-electron chi connectivity index (χ4n) is 2.72. The number of aromatic nitrogens is 1. The Morgan fingerprint density at radius 1 is 1.40 bits per heavy atom. The number of rotatable bonds is 4. The minimum absolute atomic E-state index is 0.134. The van der Waals surface area contributed by atoms with Gasteiger partial charge in [0.1, 0.15) is 0 Å². The number of nitrogens with zero attached hydrogens (tertiary/aromatic N) is 2. The van der Waals surface area contributed by atoms with E-state index in [1.165, 1.54) is 0 Å². The van der Waals surface area contributed by atoms with Gasteiger partial charge in [-0.15, -0.1) is 11.3 Å². The summed E-state index contributed by atoms with van der Waals surface area (Å²) in [5.74, 6) is -0.207. The lowest BCUT2D eigenvalue weighted by atomic mass is 10.0. The molecule has 0 spiro atoms. The van der Waals surface area contributed by atoms with Crippen molar-refractivity contribution in [3.63, 3.8) is 0 Å². The van der Waals surface area contributed by atoms with Gasteiger partial charge in [-0.25, -0.2) is 4.98 Å². The summed E-state index contributed by atoms with van der Waals surface area (Å²) < 4.78 is 0. The van der Waals surface area contributed by atoms with Gasteiger partial charge in [0.2, 0.25) is 6.10 Å². The highest BCUT2D eigenvalue weighted by molar-refractivity contribution is 7.11. The first-order valence-corrected chi connectivity index (χ1v) is 9.35. The first-order valence-electron chi connectivity index (χ1n) is 7.77. The summed E-state index contributed by atoms with van der Waals surface area (Å²) in [7, 11) is 0. The predicted molar refractivity (Wildman–Crippen MR) is 101 cm³/mol. The maximum Gasteiger partial charge on any atom is 0.264 e. The fourth-order valence-corrected chi connectivity index (χ4v) is 4.17. The lowest BCUT2D eigenvalue weighted by Gasteiger charge is -2.15. The minimum Gasteiger partial charge on any atom is -0.382 e. The third-order valence-electron chi connectivity index (χ3n) is 3.89. The van der Waals surface area contributed by atoms with E-state index >= 15 is 0 Å². The molecule has 0 saturated carbocycles. The summed E-state index contributed by atoms with van der Waals surface area (Å²) in [6, 6.07) is 5.02. The molecule has 1 aliphatic rings. The molecule has 1 amide bonds. The summed E-state index contributed by atoms with van der Waals surface area (Å²) in [5, 5.41) is 9.00. The van der Waals surface area contributed by atoms with Crippen molar-refractivity contribution < 1.29 is 9.63 Å². The van der Waals surface area contributed by atoms with E-state index in [0.717, 1.165) is 21.1 Å². The molecule has 0 radical (unpaired) electrons. The van der Waals surface area contributed by atoms with Crippen molar-refractivity contribution in [2.24, 2.45) is 5.16 Å². The summed E-state index contributed by atoms with van der Waals surface area (Å²) in [5.41, 5.74) is 2.30. The molecule has 132 valence electrons. The fraction of sp³-hybridized carbons (Fsp3) is 0.353. The molecule has 0 aliphatic carbocycles. The third-order valence-corrected chi connectivity index (χ3v) is 5.70. The molecular formula is C17H17Cl2N3O2S. The quantitative estimate of drug-likeness (QED) is 0.829. The largest absolute Gasteiger partial charge is 0.382 e. The van der Waals surface area contributed by atoms with Gasteiger partial charge in [0.05, 0.1) is 27.5 Å². The lowest BCUT2D eigenvalue weighted by Crippen LogP contribution is -2.36. The smallest absolute Gasteiger partial charge is 0.264 e. The molecule has 0 saturated heterocycles. The van der Waals surface area contributed by atoms with Crippen LogP contribution < -0.4 is 5.32 Å². The Labute approximate surface area is 160 Å². The Morgan fingerprint density at radius 2 is 2.16 bits per heavy atom. The van der Waals surface area contributed by atoms with Crippen molar-refractivity contribution in [2.45, 2.75) is 39.3 Å². The van der Waals surface area contributed by atoms with Gasteiger partial charge in [-0.05, 0) is 32.9 Å². The molecule has 25 heavy (non-hydrogen) atoms. The van der Waals surface area contributed by atoms with Gasteiger partial charge < -0.3 is 10.2 Å². The Bertz CT molecular complexity index is 850. The van der Waals surface area contributed by atoms with Crippen LogP contribution in [0.5, 0.6) is 0 Å². The van der Waals surface area contributed by atoms with Gasteiger partial charge in [-0.2, -0.15) is 0 Å². The highest BCUT2D eigenvalue weighted by Gasteiger charge is 2.31. The number of thiazole rings is 1. The molecule has 1 aliphatic heterocycles. The van der Waals surface area contributed by atoms with E-state index in [2.05, 4.69) is 15.5 Å². The van der Waals surface area contributed by atoms with Crippen LogP contribution in [0, 0.1) is 13.8 Å². The predicted octanol–water partition coefficient (Wildman–Crippen LogP) is 4.44. The molecule has 1 aromatic carbocycles. The van der Waals surface area contributed by atoms with E-state index in [0.29, 0.717) is 22.2 Å². The van der Waals surface area contributed by atoms with Crippen LogP contribution in [0.1, 0.15) is 40.5 Å². The molecule has 2 aromatic rings. The van der Waals surface area contributed by atoms with Crippen LogP contribution in [-0.2, 0) is 9.63 Å². The zero-order valence-electron chi connectivity index (χ0n) is 14.0. The molecule has 0 unspecified atom stereocenters. The first kappa shape index (κ1) is 18.2. The number of benzene rings is 1. The van der Waals surface area contributed by atoms with Gasteiger partial charge in [-0.3, -0.25) is 4.79 Å². The average Bonchev–Trinajstić information content (AvgIpc) is 3.14. The molecule has 8 heteroatoms. The van der Waals surface area contributed by atoms with Crippen LogP contribution in [0.3, 0.4) is 0 Å². The second-order valence-electron chi connectivity index (χ2n) is 5.87. The van der Waals surface area contributed by atoms with Crippen molar-refractivity contribution in [3.8, 4) is 0 Å². The normalized spacial score (nSPS) is 17.8. The number of aryl methyl sites for hydroxylation is 2. The number of carbonyl (C=O) groups is 1. The van der Waals surface area contributed by atoms with Crippen LogP contribution in [0.2, 0.25) is 10.0 Å². The van der Waals surface area contributed by atoms with Crippen molar-refractivity contribution in [2.75, 3.05) is 0 Å². The van der Waals surface area contributed by atoms with Crippen LogP contribution in [0.15, 0.2) is 23.4 Å². The Balaban J connectivity index is 1.64. The second kappa shape index (κ2) is 7.32. The van der Waals surface area contributed by atoms with Crippen LogP contribution in [0.25, 0.3) is 0 Å². The third kappa shape index (κ3) is 3.97. The Hall–Kier alpha value is -1.63. The van der Waals surface area contributed by atoms with Gasteiger partial charge in [0.15, 0.2) is 0 Å². The maximum atomic E-state index is 12.5. The molecule has 1 N–H and O–H groups in total. The van der Waals surface area contributed by atoms with E-state index in [1.54, 1.807) is 29.5 Å². The molecule has 2 atom stereocenters. The van der Waals surface area contributed by atoms with Crippen molar-refractivity contribution in [3.05, 3.63) is 49.4 Å². The van der Waals surface area contributed by atoms with Gasteiger partial charge in [-0.1, -0.05) is 34.4 Å². The van der Waals surface area contributed by atoms with E-state index in [4.69, 9.17) is 28.0 Å². The number of halogens is 2. The number of carbonyl (C=O) groups excluding carboxylic acids is 1. The van der Waals surface area contributed by atoms with Crippen LogP contribution in [-0.4, -0.2) is 22.7 Å². The van der Waals surface area contributed by atoms with E-state index in [1.807, 2.05) is 20.8 Å². The highest BCUT2D eigenvalue weighted by atomic mass is 35.5. The molecule has 5 nitrogen and oxygen atoms in total. The van der Waals surface area contributed by atoms with Gasteiger partial charge >= 0.3 is 0 Å². The van der Waals surface area contributed by atoms with E-state index in [9.17, 15) is 4.79 Å². The number of hydrogen-bond acceptors (Lipinski definition) is 5. The van der Waals surface area contributed by atoms with E-state index in [-0.39, 0.29) is 11.9 Å². The van der Waals surface area contributed by atoms with Crippen LogP contribution >= 0.6 is 34.5 Å². The van der Waals surface area contributed by atoms with E-state index < -0.39 is 6.10 Å². The maximum absolute atomic E-state index is 12.5. The molecule has 1 aromatic heterocycles. The molecular weight excluding hydrogens is 381 g/mol. The number of oxime groups is 1. The summed E-state index contributed by atoms with van der Waals surface area (Å²) >= 11 is 13.7.